The van der Waals surface area contributed by atoms with Crippen LogP contribution in [0.15, 0.2) is 18.2 Å². The van der Waals surface area contributed by atoms with E-state index >= 15 is 0 Å². The van der Waals surface area contributed by atoms with Crippen LogP contribution in [0.3, 0.4) is 0 Å². The van der Waals surface area contributed by atoms with Gasteiger partial charge in [0.15, 0.2) is 0 Å². The molecule has 1 amide bonds. The third-order valence-corrected chi connectivity index (χ3v) is 2.54. The average Bonchev–Trinajstić information content (AvgIpc) is 2.34. The van der Waals surface area contributed by atoms with E-state index in [2.05, 4.69) is 5.32 Å². The molecule has 5 heteroatoms. The zero-order valence-corrected chi connectivity index (χ0v) is 11.2. The molecule has 1 unspecified atom stereocenters. The lowest BCUT2D eigenvalue weighted by atomic mass is 10.0. The molecule has 0 fully saturated rings. The molecule has 0 saturated heterocycles. The minimum absolute atomic E-state index is 0.134. The van der Waals surface area contributed by atoms with Gasteiger partial charge in [-0.3, -0.25) is 10.1 Å². The van der Waals surface area contributed by atoms with Crippen molar-refractivity contribution in [3.8, 4) is 11.5 Å². The molecule has 0 radical (unpaired) electrons. The van der Waals surface area contributed by atoms with Crippen LogP contribution >= 0.6 is 0 Å². The lowest BCUT2D eigenvalue weighted by Crippen LogP contribution is -2.37. The van der Waals surface area contributed by atoms with E-state index in [1.54, 1.807) is 32.4 Å². The molecular weight excluding hydrogens is 232 g/mol. The van der Waals surface area contributed by atoms with Gasteiger partial charge in [-0.15, -0.1) is 0 Å². The zero-order chi connectivity index (χ0) is 13.7. The quantitative estimate of drug-likeness (QED) is 0.798. The predicted octanol–water partition coefficient (Wildman–Crippen LogP) is 1.23. The Morgan fingerprint density at radius 1 is 1.28 bits per heavy atom. The van der Waals surface area contributed by atoms with E-state index in [-0.39, 0.29) is 6.04 Å². The van der Waals surface area contributed by atoms with E-state index in [1.807, 2.05) is 13.8 Å². The van der Waals surface area contributed by atoms with Crippen LogP contribution < -0.4 is 20.5 Å². The summed E-state index contributed by atoms with van der Waals surface area (Å²) in [4.78, 5) is 11.5. The van der Waals surface area contributed by atoms with Crippen molar-refractivity contribution in [3.05, 3.63) is 23.8 Å². The Morgan fingerprint density at radius 3 is 2.39 bits per heavy atom. The number of nitrogens with two attached hydrogens (primary N) is 1. The van der Waals surface area contributed by atoms with Gasteiger partial charge in [0.05, 0.1) is 14.2 Å². The number of benzene rings is 1. The van der Waals surface area contributed by atoms with Gasteiger partial charge in [-0.1, -0.05) is 0 Å². The van der Waals surface area contributed by atoms with Crippen molar-refractivity contribution in [2.75, 3.05) is 14.2 Å². The van der Waals surface area contributed by atoms with Gasteiger partial charge in [-0.2, -0.15) is 0 Å². The number of carbonyl (C=O) groups excluding carboxylic acids is 1. The van der Waals surface area contributed by atoms with E-state index < -0.39 is 11.9 Å². The van der Waals surface area contributed by atoms with Crippen molar-refractivity contribution in [3.63, 3.8) is 0 Å². The van der Waals surface area contributed by atoms with E-state index in [9.17, 15) is 4.79 Å². The van der Waals surface area contributed by atoms with E-state index in [1.165, 1.54) is 0 Å². The van der Waals surface area contributed by atoms with Gasteiger partial charge >= 0.3 is 0 Å². The van der Waals surface area contributed by atoms with Crippen LogP contribution in [0.1, 0.15) is 25.5 Å². The average molecular weight is 252 g/mol. The standard InChI is InChI=1S/C13H20N2O3/c1-8(2)15-12(13(14)16)10-6-5-9(17-3)7-11(10)18-4/h5-8,12,15H,1-4H3,(H2,14,16). The maximum atomic E-state index is 11.5. The molecule has 1 aromatic rings. The maximum Gasteiger partial charge on any atom is 0.239 e. The SMILES string of the molecule is COc1ccc(C(NC(C)C)C(N)=O)c(OC)c1. The van der Waals surface area contributed by atoms with Crippen LogP contribution in [0.25, 0.3) is 0 Å². The van der Waals surface area contributed by atoms with Gasteiger partial charge in [0.25, 0.3) is 0 Å². The molecule has 0 spiro atoms. The Morgan fingerprint density at radius 2 is 1.94 bits per heavy atom. The van der Waals surface area contributed by atoms with Gasteiger partial charge < -0.3 is 15.2 Å². The fourth-order valence-electron chi connectivity index (χ4n) is 1.72. The highest BCUT2D eigenvalue weighted by Gasteiger charge is 2.22. The smallest absolute Gasteiger partial charge is 0.239 e. The fourth-order valence-corrected chi connectivity index (χ4v) is 1.72. The number of amides is 1. The summed E-state index contributed by atoms with van der Waals surface area (Å²) in [5.41, 5.74) is 6.13. The van der Waals surface area contributed by atoms with Gasteiger partial charge in [-0.05, 0) is 26.0 Å². The highest BCUT2D eigenvalue weighted by atomic mass is 16.5. The number of hydrogen-bond acceptors (Lipinski definition) is 4. The second-order valence-corrected chi connectivity index (χ2v) is 4.26. The van der Waals surface area contributed by atoms with Crippen LogP contribution in [0.5, 0.6) is 11.5 Å². The molecule has 3 N–H and O–H groups in total. The third kappa shape index (κ3) is 3.37. The molecule has 0 bridgehead atoms. The largest absolute Gasteiger partial charge is 0.497 e. The Hall–Kier alpha value is -1.75. The number of rotatable bonds is 6. The number of primary amides is 1. The number of ether oxygens (including phenoxy) is 2. The Kier molecular flexibility index (Phi) is 4.97. The van der Waals surface area contributed by atoms with Crippen LogP contribution in [0.4, 0.5) is 0 Å². The Balaban J connectivity index is 3.14. The van der Waals surface area contributed by atoms with Crippen molar-refractivity contribution >= 4 is 5.91 Å². The first-order valence-corrected chi connectivity index (χ1v) is 5.76. The summed E-state index contributed by atoms with van der Waals surface area (Å²) < 4.78 is 10.4. The second-order valence-electron chi connectivity index (χ2n) is 4.26. The minimum atomic E-state index is -0.578. The van der Waals surface area contributed by atoms with Crippen molar-refractivity contribution in [1.29, 1.82) is 0 Å². The normalized spacial score (nSPS) is 12.3. The van der Waals surface area contributed by atoms with E-state index in [0.717, 1.165) is 0 Å². The number of nitrogens with one attached hydrogen (secondary N) is 1. The lowest BCUT2D eigenvalue weighted by molar-refractivity contribution is -0.120. The summed E-state index contributed by atoms with van der Waals surface area (Å²) in [6, 6.07) is 4.84. The molecule has 0 aromatic heterocycles. The van der Waals surface area contributed by atoms with Gasteiger partial charge in [-0.25, -0.2) is 0 Å². The lowest BCUT2D eigenvalue weighted by Gasteiger charge is -2.21. The summed E-state index contributed by atoms with van der Waals surface area (Å²) in [5.74, 6) is 0.807. The van der Waals surface area contributed by atoms with Crippen molar-refractivity contribution < 1.29 is 14.3 Å². The zero-order valence-electron chi connectivity index (χ0n) is 11.2. The molecule has 0 aliphatic rings. The van der Waals surface area contributed by atoms with Gasteiger partial charge in [0.2, 0.25) is 5.91 Å². The summed E-state index contributed by atoms with van der Waals surface area (Å²) in [7, 11) is 3.12. The molecule has 1 rings (SSSR count). The predicted molar refractivity (Wildman–Crippen MR) is 69.8 cm³/mol. The summed E-state index contributed by atoms with van der Waals surface area (Å²) >= 11 is 0. The highest BCUT2D eigenvalue weighted by molar-refractivity contribution is 5.82. The summed E-state index contributed by atoms with van der Waals surface area (Å²) in [6.07, 6.45) is 0. The van der Waals surface area contributed by atoms with Crippen LogP contribution in [0, 0.1) is 0 Å². The fraction of sp³-hybridized carbons (Fsp3) is 0.462. The molecule has 1 aromatic carbocycles. The van der Waals surface area contributed by atoms with Crippen molar-refractivity contribution in [2.24, 2.45) is 5.73 Å². The minimum Gasteiger partial charge on any atom is -0.497 e. The monoisotopic (exact) mass is 252 g/mol. The number of hydrogen-bond donors (Lipinski definition) is 2. The molecule has 100 valence electrons. The maximum absolute atomic E-state index is 11.5. The Bertz CT molecular complexity index is 419. The third-order valence-electron chi connectivity index (χ3n) is 2.54. The van der Waals surface area contributed by atoms with Crippen LogP contribution in [-0.2, 0) is 4.79 Å². The molecular formula is C13H20N2O3. The van der Waals surface area contributed by atoms with Gasteiger partial charge in [0, 0.05) is 17.7 Å². The molecule has 0 saturated carbocycles. The number of carbonyl (C=O) groups is 1. The molecule has 18 heavy (non-hydrogen) atoms. The van der Waals surface area contributed by atoms with E-state index in [0.29, 0.717) is 17.1 Å². The molecule has 0 aliphatic carbocycles. The molecule has 5 nitrogen and oxygen atoms in total. The first kappa shape index (κ1) is 14.3. The van der Waals surface area contributed by atoms with Crippen molar-refractivity contribution in [2.45, 2.75) is 25.9 Å². The topological polar surface area (TPSA) is 73.6 Å². The second kappa shape index (κ2) is 6.26. The number of methoxy groups -OCH3 is 2. The van der Waals surface area contributed by atoms with Crippen LogP contribution in [0.2, 0.25) is 0 Å². The van der Waals surface area contributed by atoms with E-state index in [4.69, 9.17) is 15.2 Å². The van der Waals surface area contributed by atoms with Crippen LogP contribution in [-0.4, -0.2) is 26.2 Å². The first-order chi connectivity index (χ1) is 8.49. The molecule has 0 heterocycles. The first-order valence-electron chi connectivity index (χ1n) is 5.76. The molecule has 0 aliphatic heterocycles. The van der Waals surface area contributed by atoms with Crippen molar-refractivity contribution in [1.82, 2.24) is 5.32 Å². The Labute approximate surface area is 107 Å². The summed E-state index contributed by atoms with van der Waals surface area (Å²) in [5, 5.41) is 3.11. The van der Waals surface area contributed by atoms with Gasteiger partial charge in [0.1, 0.15) is 17.5 Å². The summed E-state index contributed by atoms with van der Waals surface area (Å²) in [6.45, 7) is 3.90. The molecule has 1 atom stereocenters. The highest BCUT2D eigenvalue weighted by Crippen LogP contribution is 2.29.